The molecular formula is C23H39N5O. The molecule has 6 nitrogen and oxygen atoms in total. The van der Waals surface area contributed by atoms with Gasteiger partial charge >= 0.3 is 0 Å². The predicted octanol–water partition coefficient (Wildman–Crippen LogP) is 2.95. The lowest BCUT2D eigenvalue weighted by molar-refractivity contribution is 0.167. The van der Waals surface area contributed by atoms with Gasteiger partial charge in [-0.3, -0.25) is 4.99 Å². The standard InChI is InChI=1S/C23H39N5O/c1-5-24-23(26-20-11-14-27(15-12-20)18(2)3)25-16-19-10-13-28(17-19)21-8-6-7-9-22(21)29-4/h6-9,18-20H,5,10-17H2,1-4H3,(H2,24,25,26). The highest BCUT2D eigenvalue weighted by Crippen LogP contribution is 2.32. The molecule has 1 unspecified atom stereocenters. The number of aliphatic imine (C=N–C) groups is 1. The third kappa shape index (κ3) is 6.01. The van der Waals surface area contributed by atoms with Crippen molar-refractivity contribution in [2.75, 3.05) is 51.3 Å². The fourth-order valence-electron chi connectivity index (χ4n) is 4.39. The number of hydrogen-bond donors (Lipinski definition) is 2. The predicted molar refractivity (Wildman–Crippen MR) is 122 cm³/mol. The number of guanidine groups is 1. The zero-order valence-electron chi connectivity index (χ0n) is 18.7. The summed E-state index contributed by atoms with van der Waals surface area (Å²) in [6.07, 6.45) is 3.55. The maximum Gasteiger partial charge on any atom is 0.191 e. The molecule has 0 amide bonds. The van der Waals surface area contributed by atoms with Gasteiger partial charge in [-0.2, -0.15) is 0 Å². The largest absolute Gasteiger partial charge is 0.495 e. The van der Waals surface area contributed by atoms with Crippen LogP contribution < -0.4 is 20.3 Å². The first-order valence-electron chi connectivity index (χ1n) is 11.3. The van der Waals surface area contributed by atoms with Crippen LogP contribution in [0.4, 0.5) is 5.69 Å². The molecule has 0 radical (unpaired) electrons. The molecule has 29 heavy (non-hydrogen) atoms. The molecule has 1 aromatic rings. The van der Waals surface area contributed by atoms with Crippen molar-refractivity contribution in [3.8, 4) is 5.75 Å². The fraction of sp³-hybridized carbons (Fsp3) is 0.696. The Kier molecular flexibility index (Phi) is 8.04. The van der Waals surface area contributed by atoms with E-state index in [0.29, 0.717) is 18.0 Å². The lowest BCUT2D eigenvalue weighted by Crippen LogP contribution is -2.50. The van der Waals surface area contributed by atoms with Crippen molar-refractivity contribution in [2.45, 2.75) is 52.1 Å². The number of nitrogens with zero attached hydrogens (tertiary/aromatic N) is 3. The number of rotatable bonds is 7. The molecule has 0 aliphatic carbocycles. The van der Waals surface area contributed by atoms with Crippen LogP contribution in [0.25, 0.3) is 0 Å². The first kappa shape index (κ1) is 21.8. The summed E-state index contributed by atoms with van der Waals surface area (Å²) >= 11 is 0. The molecule has 0 bridgehead atoms. The van der Waals surface area contributed by atoms with Gasteiger partial charge in [0.2, 0.25) is 0 Å². The SMILES string of the molecule is CCNC(=NCC1CCN(c2ccccc2OC)C1)NC1CCN(C(C)C)CC1. The minimum Gasteiger partial charge on any atom is -0.495 e. The van der Waals surface area contributed by atoms with Crippen molar-refractivity contribution in [1.29, 1.82) is 0 Å². The number of likely N-dealkylation sites (tertiary alicyclic amines) is 1. The first-order chi connectivity index (χ1) is 14.1. The Hall–Kier alpha value is -1.95. The Balaban J connectivity index is 1.51. The summed E-state index contributed by atoms with van der Waals surface area (Å²) < 4.78 is 5.54. The van der Waals surface area contributed by atoms with E-state index in [1.807, 2.05) is 12.1 Å². The third-order valence-electron chi connectivity index (χ3n) is 6.16. The minimum absolute atomic E-state index is 0.524. The van der Waals surface area contributed by atoms with E-state index in [4.69, 9.17) is 9.73 Å². The number of para-hydroxylation sites is 2. The minimum atomic E-state index is 0.524. The molecule has 2 heterocycles. The summed E-state index contributed by atoms with van der Waals surface area (Å²) in [5, 5.41) is 7.12. The zero-order valence-corrected chi connectivity index (χ0v) is 18.7. The normalized spacial score (nSPS) is 21.6. The van der Waals surface area contributed by atoms with Gasteiger partial charge < -0.3 is 25.2 Å². The van der Waals surface area contributed by atoms with E-state index >= 15 is 0 Å². The molecule has 0 aromatic heterocycles. The summed E-state index contributed by atoms with van der Waals surface area (Å²) in [6.45, 7) is 12.9. The van der Waals surface area contributed by atoms with E-state index in [0.717, 1.165) is 37.9 Å². The van der Waals surface area contributed by atoms with Gasteiger partial charge in [0, 0.05) is 51.4 Å². The van der Waals surface area contributed by atoms with Crippen molar-refractivity contribution in [2.24, 2.45) is 10.9 Å². The van der Waals surface area contributed by atoms with Crippen molar-refractivity contribution in [1.82, 2.24) is 15.5 Å². The van der Waals surface area contributed by atoms with Crippen LogP contribution in [0.5, 0.6) is 5.75 Å². The second-order valence-electron chi connectivity index (χ2n) is 8.54. The van der Waals surface area contributed by atoms with E-state index in [1.165, 1.54) is 38.0 Å². The van der Waals surface area contributed by atoms with Crippen LogP contribution >= 0.6 is 0 Å². The van der Waals surface area contributed by atoms with Crippen molar-refractivity contribution in [3.63, 3.8) is 0 Å². The van der Waals surface area contributed by atoms with Gasteiger partial charge in [-0.1, -0.05) is 12.1 Å². The van der Waals surface area contributed by atoms with E-state index in [1.54, 1.807) is 7.11 Å². The molecule has 2 saturated heterocycles. The number of anilines is 1. The summed E-state index contributed by atoms with van der Waals surface area (Å²) in [7, 11) is 1.75. The lowest BCUT2D eigenvalue weighted by atomic mass is 10.0. The summed E-state index contributed by atoms with van der Waals surface area (Å²) in [5.74, 6) is 2.52. The van der Waals surface area contributed by atoms with E-state index in [-0.39, 0.29) is 0 Å². The number of nitrogens with one attached hydrogen (secondary N) is 2. The maximum atomic E-state index is 5.54. The van der Waals surface area contributed by atoms with Gasteiger partial charge in [0.25, 0.3) is 0 Å². The topological polar surface area (TPSA) is 52.1 Å². The third-order valence-corrected chi connectivity index (χ3v) is 6.16. The maximum absolute atomic E-state index is 5.54. The number of methoxy groups -OCH3 is 1. The second-order valence-corrected chi connectivity index (χ2v) is 8.54. The Morgan fingerprint density at radius 1 is 1.17 bits per heavy atom. The lowest BCUT2D eigenvalue weighted by Gasteiger charge is -2.35. The molecule has 3 rings (SSSR count). The van der Waals surface area contributed by atoms with E-state index < -0.39 is 0 Å². The van der Waals surface area contributed by atoms with Crippen molar-refractivity contribution in [3.05, 3.63) is 24.3 Å². The Morgan fingerprint density at radius 3 is 2.62 bits per heavy atom. The van der Waals surface area contributed by atoms with Gasteiger partial charge in [-0.05, 0) is 58.1 Å². The highest BCUT2D eigenvalue weighted by molar-refractivity contribution is 5.80. The van der Waals surface area contributed by atoms with Crippen LogP contribution in [0.2, 0.25) is 0 Å². The number of benzene rings is 1. The van der Waals surface area contributed by atoms with Gasteiger partial charge in [-0.25, -0.2) is 0 Å². The van der Waals surface area contributed by atoms with Gasteiger partial charge in [0.1, 0.15) is 5.75 Å². The highest BCUT2D eigenvalue weighted by atomic mass is 16.5. The fourth-order valence-corrected chi connectivity index (χ4v) is 4.39. The number of ether oxygens (including phenoxy) is 1. The van der Waals surface area contributed by atoms with E-state index in [9.17, 15) is 0 Å². The number of hydrogen-bond acceptors (Lipinski definition) is 4. The summed E-state index contributed by atoms with van der Waals surface area (Å²) in [5.41, 5.74) is 1.20. The Morgan fingerprint density at radius 2 is 1.93 bits per heavy atom. The van der Waals surface area contributed by atoms with Crippen LogP contribution in [-0.4, -0.2) is 69.3 Å². The van der Waals surface area contributed by atoms with Gasteiger partial charge in [-0.15, -0.1) is 0 Å². The molecule has 2 fully saturated rings. The smallest absolute Gasteiger partial charge is 0.191 e. The van der Waals surface area contributed by atoms with Crippen LogP contribution in [0, 0.1) is 5.92 Å². The summed E-state index contributed by atoms with van der Waals surface area (Å²) in [6, 6.07) is 9.47. The highest BCUT2D eigenvalue weighted by Gasteiger charge is 2.25. The molecule has 2 N–H and O–H groups in total. The second kappa shape index (κ2) is 10.7. The van der Waals surface area contributed by atoms with Crippen LogP contribution in [-0.2, 0) is 0 Å². The Labute approximate surface area is 176 Å². The van der Waals surface area contributed by atoms with Crippen LogP contribution in [0.1, 0.15) is 40.0 Å². The number of piperidine rings is 1. The van der Waals surface area contributed by atoms with Crippen molar-refractivity contribution >= 4 is 11.6 Å². The van der Waals surface area contributed by atoms with Crippen molar-refractivity contribution < 1.29 is 4.74 Å². The molecule has 1 aromatic carbocycles. The molecule has 1 atom stereocenters. The Bertz CT molecular complexity index is 654. The molecule has 6 heteroatoms. The quantitative estimate of drug-likeness (QED) is 0.543. The van der Waals surface area contributed by atoms with Crippen LogP contribution in [0.3, 0.4) is 0 Å². The molecule has 0 spiro atoms. The molecule has 2 aliphatic rings. The average Bonchev–Trinajstić information content (AvgIpc) is 3.21. The molecule has 0 saturated carbocycles. The monoisotopic (exact) mass is 401 g/mol. The summed E-state index contributed by atoms with van der Waals surface area (Å²) in [4.78, 5) is 9.93. The van der Waals surface area contributed by atoms with Crippen LogP contribution in [0.15, 0.2) is 29.3 Å². The zero-order chi connectivity index (χ0) is 20.6. The molecule has 2 aliphatic heterocycles. The first-order valence-corrected chi connectivity index (χ1v) is 11.3. The molecular weight excluding hydrogens is 362 g/mol. The van der Waals surface area contributed by atoms with Gasteiger partial charge in [0.15, 0.2) is 5.96 Å². The molecule has 162 valence electrons. The van der Waals surface area contributed by atoms with E-state index in [2.05, 4.69) is 53.3 Å². The average molecular weight is 402 g/mol. The van der Waals surface area contributed by atoms with Gasteiger partial charge in [0.05, 0.1) is 12.8 Å².